The molecule has 7 heteroatoms. The summed E-state index contributed by atoms with van der Waals surface area (Å²) >= 11 is 0. The van der Waals surface area contributed by atoms with Crippen LogP contribution in [0.2, 0.25) is 0 Å². The third-order valence-corrected chi connectivity index (χ3v) is 7.30. The van der Waals surface area contributed by atoms with Gasteiger partial charge in [-0.15, -0.1) is 0 Å². The SMILES string of the molecule is CCN(CC)C(=O)C1(c2ccccc2)CCN(CCNC(=O)Nc2cc(C)nc3ccccc23)CC1. The van der Waals surface area contributed by atoms with Crippen LogP contribution in [0, 0.1) is 6.92 Å². The number of para-hydroxylation sites is 1. The van der Waals surface area contributed by atoms with Gasteiger partial charge in [-0.2, -0.15) is 0 Å². The number of pyridine rings is 1. The van der Waals surface area contributed by atoms with Crippen molar-refractivity contribution in [1.29, 1.82) is 0 Å². The van der Waals surface area contributed by atoms with Crippen molar-refractivity contribution < 1.29 is 9.59 Å². The predicted molar refractivity (Wildman–Crippen MR) is 145 cm³/mol. The van der Waals surface area contributed by atoms with E-state index in [1.807, 2.05) is 74.2 Å². The van der Waals surface area contributed by atoms with Crippen molar-refractivity contribution in [2.24, 2.45) is 0 Å². The molecule has 1 saturated heterocycles. The van der Waals surface area contributed by atoms with E-state index >= 15 is 0 Å². The third-order valence-electron chi connectivity index (χ3n) is 7.30. The van der Waals surface area contributed by atoms with E-state index in [1.165, 1.54) is 0 Å². The number of fused-ring (bicyclic) bond motifs is 1. The van der Waals surface area contributed by atoms with Crippen LogP contribution in [-0.4, -0.2) is 66.0 Å². The van der Waals surface area contributed by atoms with Gasteiger partial charge >= 0.3 is 6.03 Å². The van der Waals surface area contributed by atoms with E-state index in [0.717, 1.165) is 73.4 Å². The number of aryl methyl sites for hydroxylation is 1. The Morgan fingerprint density at radius 2 is 1.67 bits per heavy atom. The van der Waals surface area contributed by atoms with Crippen LogP contribution in [0.4, 0.5) is 10.5 Å². The smallest absolute Gasteiger partial charge is 0.319 e. The van der Waals surface area contributed by atoms with Crippen molar-refractivity contribution in [3.05, 3.63) is 71.9 Å². The number of carbonyl (C=O) groups is 2. The van der Waals surface area contributed by atoms with Crippen LogP contribution in [0.5, 0.6) is 0 Å². The molecule has 36 heavy (non-hydrogen) atoms. The molecule has 0 spiro atoms. The summed E-state index contributed by atoms with van der Waals surface area (Å²) in [6.45, 7) is 10.4. The molecule has 7 nitrogen and oxygen atoms in total. The summed E-state index contributed by atoms with van der Waals surface area (Å²) in [7, 11) is 0. The number of aromatic nitrogens is 1. The van der Waals surface area contributed by atoms with Gasteiger partial charge in [-0.25, -0.2) is 4.79 Å². The van der Waals surface area contributed by atoms with Crippen LogP contribution in [0.15, 0.2) is 60.7 Å². The second-order valence-electron chi connectivity index (χ2n) is 9.48. The first-order chi connectivity index (χ1) is 17.5. The first kappa shape index (κ1) is 25.6. The topological polar surface area (TPSA) is 77.6 Å². The van der Waals surface area contributed by atoms with E-state index in [4.69, 9.17) is 0 Å². The maximum Gasteiger partial charge on any atom is 0.319 e. The number of hydrogen-bond donors (Lipinski definition) is 2. The molecular weight excluding hydrogens is 450 g/mol. The molecular formula is C29H37N5O2. The molecule has 1 aromatic heterocycles. The highest BCUT2D eigenvalue weighted by molar-refractivity contribution is 6.00. The number of likely N-dealkylation sites (N-methyl/N-ethyl adjacent to an activating group) is 1. The van der Waals surface area contributed by atoms with Crippen molar-refractivity contribution in [2.45, 2.75) is 39.0 Å². The number of hydrogen-bond acceptors (Lipinski definition) is 4. The molecule has 1 aliphatic rings. The van der Waals surface area contributed by atoms with E-state index < -0.39 is 5.41 Å². The van der Waals surface area contributed by atoms with Gasteiger partial charge in [-0.1, -0.05) is 48.5 Å². The average molecular weight is 488 g/mol. The summed E-state index contributed by atoms with van der Waals surface area (Å²) in [5.41, 5.74) is 3.12. The zero-order chi connectivity index (χ0) is 25.5. The number of carbonyl (C=O) groups excluding carboxylic acids is 2. The highest BCUT2D eigenvalue weighted by Crippen LogP contribution is 2.37. The molecule has 1 aliphatic heterocycles. The van der Waals surface area contributed by atoms with Crippen molar-refractivity contribution in [3.8, 4) is 0 Å². The monoisotopic (exact) mass is 487 g/mol. The van der Waals surface area contributed by atoms with Crippen LogP contribution < -0.4 is 10.6 Å². The highest BCUT2D eigenvalue weighted by Gasteiger charge is 2.44. The van der Waals surface area contributed by atoms with Crippen LogP contribution in [0.1, 0.15) is 37.9 Å². The van der Waals surface area contributed by atoms with Gasteiger partial charge in [-0.3, -0.25) is 9.78 Å². The zero-order valence-corrected chi connectivity index (χ0v) is 21.6. The number of urea groups is 1. The molecule has 1 fully saturated rings. The first-order valence-corrected chi connectivity index (χ1v) is 13.0. The first-order valence-electron chi connectivity index (χ1n) is 13.0. The molecule has 190 valence electrons. The predicted octanol–water partition coefficient (Wildman–Crippen LogP) is 4.57. The van der Waals surface area contributed by atoms with E-state index in [2.05, 4.69) is 32.7 Å². The highest BCUT2D eigenvalue weighted by atomic mass is 16.2. The van der Waals surface area contributed by atoms with E-state index in [0.29, 0.717) is 6.54 Å². The molecule has 4 rings (SSSR count). The lowest BCUT2D eigenvalue weighted by Gasteiger charge is -2.43. The largest absolute Gasteiger partial charge is 0.342 e. The maximum atomic E-state index is 13.6. The Kier molecular flexibility index (Phi) is 8.21. The molecule has 0 atom stereocenters. The normalized spacial score (nSPS) is 15.4. The lowest BCUT2D eigenvalue weighted by atomic mass is 9.71. The molecule has 2 aromatic carbocycles. The number of benzene rings is 2. The van der Waals surface area contributed by atoms with E-state index in [-0.39, 0.29) is 11.9 Å². The van der Waals surface area contributed by atoms with Crippen LogP contribution >= 0.6 is 0 Å². The summed E-state index contributed by atoms with van der Waals surface area (Å²) < 4.78 is 0. The number of anilines is 1. The van der Waals surface area contributed by atoms with Gasteiger partial charge in [0.15, 0.2) is 0 Å². The Morgan fingerprint density at radius 1 is 1.00 bits per heavy atom. The molecule has 2 heterocycles. The van der Waals surface area contributed by atoms with Gasteiger partial charge in [0, 0.05) is 37.3 Å². The minimum Gasteiger partial charge on any atom is -0.342 e. The zero-order valence-electron chi connectivity index (χ0n) is 21.6. The number of piperidine rings is 1. The van der Waals surface area contributed by atoms with Crippen LogP contribution in [0.3, 0.4) is 0 Å². The Balaban J connectivity index is 1.34. The lowest BCUT2D eigenvalue weighted by Crippen LogP contribution is -2.53. The summed E-state index contributed by atoms with van der Waals surface area (Å²) in [6.07, 6.45) is 1.56. The van der Waals surface area contributed by atoms with Gasteiger partial charge in [-0.05, 0) is 64.4 Å². The third kappa shape index (κ3) is 5.51. The maximum absolute atomic E-state index is 13.6. The Hall–Kier alpha value is -3.45. The second-order valence-corrected chi connectivity index (χ2v) is 9.48. The number of nitrogens with one attached hydrogen (secondary N) is 2. The summed E-state index contributed by atoms with van der Waals surface area (Å²) in [6, 6.07) is 19.7. The Morgan fingerprint density at radius 3 is 2.36 bits per heavy atom. The van der Waals surface area contributed by atoms with Crippen molar-refractivity contribution in [2.75, 3.05) is 44.6 Å². The standard InChI is InChI=1S/C29H37N5O2/c1-4-34(5-2)27(35)29(23-11-7-6-8-12-23)15-18-33(19-16-29)20-17-30-28(36)32-26-21-22(3)31-25-14-10-9-13-24(25)26/h6-14,21H,4-5,15-20H2,1-3H3,(H2,30,31,32,36). The van der Waals surface area contributed by atoms with Crippen LogP contribution in [-0.2, 0) is 10.2 Å². The summed E-state index contributed by atoms with van der Waals surface area (Å²) in [4.78, 5) is 35.1. The summed E-state index contributed by atoms with van der Waals surface area (Å²) in [5.74, 6) is 0.232. The summed E-state index contributed by atoms with van der Waals surface area (Å²) in [5, 5.41) is 6.89. The molecule has 0 bridgehead atoms. The number of nitrogens with zero attached hydrogens (tertiary/aromatic N) is 3. The van der Waals surface area contributed by atoms with E-state index in [9.17, 15) is 9.59 Å². The van der Waals surface area contributed by atoms with Crippen molar-refractivity contribution in [3.63, 3.8) is 0 Å². The Labute approximate surface area is 213 Å². The fraction of sp³-hybridized carbons (Fsp3) is 0.414. The second kappa shape index (κ2) is 11.5. The van der Waals surface area contributed by atoms with Gasteiger partial charge in [0.2, 0.25) is 5.91 Å². The van der Waals surface area contributed by atoms with Crippen molar-refractivity contribution in [1.82, 2.24) is 20.1 Å². The van der Waals surface area contributed by atoms with Crippen LogP contribution in [0.25, 0.3) is 10.9 Å². The molecule has 0 unspecified atom stereocenters. The quantitative estimate of drug-likeness (QED) is 0.488. The van der Waals surface area contributed by atoms with Gasteiger partial charge in [0.05, 0.1) is 16.6 Å². The molecule has 0 radical (unpaired) electrons. The molecule has 3 aromatic rings. The van der Waals surface area contributed by atoms with Gasteiger partial charge in [0.1, 0.15) is 0 Å². The molecule has 3 amide bonds. The number of amides is 3. The molecule has 0 saturated carbocycles. The molecule has 2 N–H and O–H groups in total. The Bertz CT molecular complexity index is 1180. The van der Waals surface area contributed by atoms with Crippen molar-refractivity contribution >= 4 is 28.5 Å². The molecule has 0 aliphatic carbocycles. The number of rotatable bonds is 8. The fourth-order valence-corrected chi connectivity index (χ4v) is 5.26. The minimum atomic E-state index is -0.477. The van der Waals surface area contributed by atoms with Gasteiger partial charge in [0.25, 0.3) is 0 Å². The minimum absolute atomic E-state index is 0.224. The fourth-order valence-electron chi connectivity index (χ4n) is 5.26. The lowest BCUT2D eigenvalue weighted by molar-refractivity contribution is -0.139. The number of likely N-dealkylation sites (tertiary alicyclic amines) is 1. The average Bonchev–Trinajstić information content (AvgIpc) is 2.90. The van der Waals surface area contributed by atoms with Gasteiger partial charge < -0.3 is 20.4 Å². The van der Waals surface area contributed by atoms with E-state index in [1.54, 1.807) is 0 Å².